The van der Waals surface area contributed by atoms with Gasteiger partial charge in [-0.1, -0.05) is 0 Å². The first-order valence-corrected chi connectivity index (χ1v) is 4.71. The van der Waals surface area contributed by atoms with Gasteiger partial charge in [0.2, 0.25) is 0 Å². The fourth-order valence-corrected chi connectivity index (χ4v) is 1.78. The van der Waals surface area contributed by atoms with E-state index in [4.69, 9.17) is 0 Å². The van der Waals surface area contributed by atoms with Gasteiger partial charge in [0, 0.05) is 0 Å². The summed E-state index contributed by atoms with van der Waals surface area (Å²) in [7, 11) is 1.29. The number of ether oxygens (including phenoxy) is 1. The maximum absolute atomic E-state index is 11.2. The summed E-state index contributed by atoms with van der Waals surface area (Å²) in [6.07, 6.45) is 0. The van der Waals surface area contributed by atoms with Gasteiger partial charge >= 0.3 is 5.97 Å². The molecule has 0 saturated heterocycles. The van der Waals surface area contributed by atoms with E-state index in [9.17, 15) is 9.90 Å². The number of phenols is 1. The Hall–Kier alpha value is -0.780. The number of carbonyl (C=O) groups is 1. The molecule has 0 saturated carbocycles. The smallest absolute Gasteiger partial charge is 0.341 e. The molecule has 0 unspecified atom stereocenters. The van der Waals surface area contributed by atoms with Crippen LogP contribution in [0.2, 0.25) is 0 Å². The molecule has 0 aliphatic rings. The van der Waals surface area contributed by atoms with Gasteiger partial charge in [-0.3, -0.25) is 0 Å². The Morgan fingerprint density at radius 2 is 2.15 bits per heavy atom. The summed E-state index contributed by atoms with van der Waals surface area (Å²) in [6, 6.07) is 3.39. The molecule has 0 bridgehead atoms. The van der Waals surface area contributed by atoms with E-state index in [0.717, 1.165) is 5.56 Å². The number of carbonyl (C=O) groups excluding carboxylic acids is 1. The Bertz CT molecular complexity index is 347. The highest BCUT2D eigenvalue weighted by Gasteiger charge is 2.14. The number of aryl methyl sites for hydroxylation is 1. The second kappa shape index (κ2) is 3.95. The first-order chi connectivity index (χ1) is 6.06. The van der Waals surface area contributed by atoms with E-state index in [-0.39, 0.29) is 11.3 Å². The van der Waals surface area contributed by atoms with Gasteiger partial charge in [0.05, 0.1) is 10.7 Å². The molecule has 0 aliphatic heterocycles. The van der Waals surface area contributed by atoms with Crippen molar-refractivity contribution in [3.63, 3.8) is 0 Å². The second-order valence-corrected chi connectivity index (χ2v) is 3.80. The molecule has 1 N–H and O–H groups in total. The van der Waals surface area contributed by atoms with E-state index >= 15 is 0 Å². The lowest BCUT2D eigenvalue weighted by Gasteiger charge is -2.05. The Labute approximate surface area is 89.9 Å². The van der Waals surface area contributed by atoms with Gasteiger partial charge in [0.1, 0.15) is 11.3 Å². The first-order valence-electron chi connectivity index (χ1n) is 3.63. The van der Waals surface area contributed by atoms with Crippen LogP contribution in [0.4, 0.5) is 0 Å². The first kappa shape index (κ1) is 10.3. The van der Waals surface area contributed by atoms with Crippen LogP contribution in [0.1, 0.15) is 15.9 Å². The van der Waals surface area contributed by atoms with E-state index < -0.39 is 5.97 Å². The van der Waals surface area contributed by atoms with Crippen LogP contribution in [-0.2, 0) is 4.74 Å². The quantitative estimate of drug-likeness (QED) is 0.637. The van der Waals surface area contributed by atoms with Gasteiger partial charge in [-0.2, -0.15) is 0 Å². The molecule has 0 fully saturated rings. The fraction of sp³-hybridized carbons (Fsp3) is 0.222. The molecule has 0 amide bonds. The number of rotatable bonds is 1. The lowest BCUT2D eigenvalue weighted by molar-refractivity contribution is 0.0597. The van der Waals surface area contributed by atoms with Crippen LogP contribution in [-0.4, -0.2) is 18.2 Å². The molecule has 0 aliphatic carbocycles. The fourth-order valence-electron chi connectivity index (χ4n) is 1.00. The summed E-state index contributed by atoms with van der Waals surface area (Å²) < 4.78 is 5.18. The van der Waals surface area contributed by atoms with Crippen LogP contribution in [0, 0.1) is 10.5 Å². The van der Waals surface area contributed by atoms with Crippen molar-refractivity contribution in [3.05, 3.63) is 26.8 Å². The van der Waals surface area contributed by atoms with Crippen molar-refractivity contribution in [2.24, 2.45) is 0 Å². The maximum atomic E-state index is 11.2. The topological polar surface area (TPSA) is 46.5 Å². The number of benzene rings is 1. The summed E-state index contributed by atoms with van der Waals surface area (Å²) in [4.78, 5) is 11.2. The number of hydrogen-bond donors (Lipinski definition) is 1. The number of hydrogen-bond acceptors (Lipinski definition) is 3. The lowest BCUT2D eigenvalue weighted by atomic mass is 10.1. The molecule has 0 aromatic heterocycles. The van der Waals surface area contributed by atoms with Crippen LogP contribution in [0.3, 0.4) is 0 Å². The minimum atomic E-state index is -0.515. The number of halogens is 1. The highest BCUT2D eigenvalue weighted by Crippen LogP contribution is 2.26. The van der Waals surface area contributed by atoms with Crippen molar-refractivity contribution in [1.82, 2.24) is 0 Å². The van der Waals surface area contributed by atoms with Crippen molar-refractivity contribution in [3.8, 4) is 5.75 Å². The Kier molecular flexibility index (Phi) is 3.13. The monoisotopic (exact) mass is 292 g/mol. The van der Waals surface area contributed by atoms with Gasteiger partial charge in [0.15, 0.2) is 0 Å². The zero-order valence-corrected chi connectivity index (χ0v) is 9.45. The van der Waals surface area contributed by atoms with Crippen LogP contribution < -0.4 is 0 Å². The predicted octanol–water partition coefficient (Wildman–Crippen LogP) is 2.09. The largest absolute Gasteiger partial charge is 0.506 e. The molecule has 4 heteroatoms. The number of esters is 1. The average molecular weight is 292 g/mol. The SMILES string of the molecule is COC(=O)c1cc(C)cc(I)c1O. The van der Waals surface area contributed by atoms with Crippen molar-refractivity contribution in [2.45, 2.75) is 6.92 Å². The molecule has 13 heavy (non-hydrogen) atoms. The molecule has 1 aromatic carbocycles. The summed E-state index contributed by atoms with van der Waals surface area (Å²) in [5.74, 6) is -0.530. The highest BCUT2D eigenvalue weighted by atomic mass is 127. The van der Waals surface area contributed by atoms with Crippen molar-refractivity contribution >= 4 is 28.6 Å². The molecular weight excluding hydrogens is 283 g/mol. The molecule has 0 spiro atoms. The van der Waals surface area contributed by atoms with Gasteiger partial charge in [-0.25, -0.2) is 4.79 Å². The van der Waals surface area contributed by atoms with E-state index in [0.29, 0.717) is 3.57 Å². The Balaban J connectivity index is 3.28. The summed E-state index contributed by atoms with van der Waals surface area (Å²) in [5.41, 5.74) is 1.13. The third-order valence-electron chi connectivity index (χ3n) is 1.61. The maximum Gasteiger partial charge on any atom is 0.341 e. The van der Waals surface area contributed by atoms with Crippen molar-refractivity contribution < 1.29 is 14.6 Å². The van der Waals surface area contributed by atoms with E-state index in [2.05, 4.69) is 4.74 Å². The number of phenolic OH excluding ortho intramolecular Hbond substituents is 1. The van der Waals surface area contributed by atoms with E-state index in [1.165, 1.54) is 7.11 Å². The Morgan fingerprint density at radius 3 is 2.69 bits per heavy atom. The molecule has 0 atom stereocenters. The molecule has 1 aromatic rings. The second-order valence-electron chi connectivity index (χ2n) is 2.63. The normalized spacial score (nSPS) is 9.77. The van der Waals surface area contributed by atoms with Crippen LogP contribution in [0.5, 0.6) is 5.75 Å². The summed E-state index contributed by atoms with van der Waals surface area (Å²) in [6.45, 7) is 1.86. The van der Waals surface area contributed by atoms with Crippen LogP contribution >= 0.6 is 22.6 Å². The third-order valence-corrected chi connectivity index (χ3v) is 2.44. The standard InChI is InChI=1S/C9H9IO3/c1-5-3-6(9(12)13-2)8(11)7(10)4-5/h3-4,11H,1-2H3. The minimum Gasteiger partial charge on any atom is -0.506 e. The van der Waals surface area contributed by atoms with Gasteiger partial charge in [-0.15, -0.1) is 0 Å². The zero-order chi connectivity index (χ0) is 10.0. The van der Waals surface area contributed by atoms with Crippen LogP contribution in [0.25, 0.3) is 0 Å². The average Bonchev–Trinajstić information content (AvgIpc) is 2.10. The van der Waals surface area contributed by atoms with Crippen molar-refractivity contribution in [1.29, 1.82) is 0 Å². The van der Waals surface area contributed by atoms with Gasteiger partial charge in [-0.05, 0) is 47.2 Å². The van der Waals surface area contributed by atoms with E-state index in [1.807, 2.05) is 29.5 Å². The molecular formula is C9H9IO3. The number of aromatic hydroxyl groups is 1. The number of methoxy groups -OCH3 is 1. The molecule has 70 valence electrons. The van der Waals surface area contributed by atoms with Crippen molar-refractivity contribution in [2.75, 3.05) is 7.11 Å². The van der Waals surface area contributed by atoms with Gasteiger partial charge < -0.3 is 9.84 Å². The lowest BCUT2D eigenvalue weighted by Crippen LogP contribution is -2.02. The molecule has 0 heterocycles. The molecule has 3 nitrogen and oxygen atoms in total. The predicted molar refractivity (Wildman–Crippen MR) is 56.9 cm³/mol. The Morgan fingerprint density at radius 1 is 1.54 bits per heavy atom. The molecule has 0 radical (unpaired) electrons. The van der Waals surface area contributed by atoms with Gasteiger partial charge in [0.25, 0.3) is 0 Å². The highest BCUT2D eigenvalue weighted by molar-refractivity contribution is 14.1. The zero-order valence-electron chi connectivity index (χ0n) is 7.30. The minimum absolute atomic E-state index is 0.0157. The van der Waals surface area contributed by atoms with E-state index in [1.54, 1.807) is 12.1 Å². The van der Waals surface area contributed by atoms with Crippen LogP contribution in [0.15, 0.2) is 12.1 Å². The third kappa shape index (κ3) is 2.12. The molecule has 1 rings (SSSR count). The summed E-state index contributed by atoms with van der Waals surface area (Å²) >= 11 is 1.97. The summed E-state index contributed by atoms with van der Waals surface area (Å²) in [5, 5.41) is 9.52.